The SMILES string of the molecule is C[C@@H](NC(=O)[C@@H]1CN(S(=O)(=O)c2ccc(Cl)cc2)c2ccccc2O1)c1ccc2c(c1)CCC2. The van der Waals surface area contributed by atoms with Crippen LogP contribution < -0.4 is 14.4 Å². The van der Waals surface area contributed by atoms with Crippen molar-refractivity contribution in [3.63, 3.8) is 0 Å². The van der Waals surface area contributed by atoms with Crippen molar-refractivity contribution >= 4 is 33.2 Å². The molecule has 176 valence electrons. The zero-order valence-corrected chi connectivity index (χ0v) is 20.3. The van der Waals surface area contributed by atoms with Crippen molar-refractivity contribution in [1.82, 2.24) is 5.32 Å². The Morgan fingerprint density at radius 2 is 1.79 bits per heavy atom. The Morgan fingerprint density at radius 3 is 2.59 bits per heavy atom. The number of carbonyl (C=O) groups excluding carboxylic acids is 1. The van der Waals surface area contributed by atoms with Gasteiger partial charge in [0, 0.05) is 5.02 Å². The number of hydrogen-bond donors (Lipinski definition) is 1. The predicted molar refractivity (Wildman–Crippen MR) is 132 cm³/mol. The molecule has 6 nitrogen and oxygen atoms in total. The van der Waals surface area contributed by atoms with E-state index < -0.39 is 16.1 Å². The summed E-state index contributed by atoms with van der Waals surface area (Å²) in [4.78, 5) is 13.3. The van der Waals surface area contributed by atoms with Gasteiger partial charge in [0.15, 0.2) is 6.10 Å². The van der Waals surface area contributed by atoms with Crippen LogP contribution in [0.4, 0.5) is 5.69 Å². The lowest BCUT2D eigenvalue weighted by atomic mass is 10.0. The van der Waals surface area contributed by atoms with Crippen LogP contribution in [0, 0.1) is 0 Å². The van der Waals surface area contributed by atoms with Gasteiger partial charge in [0.2, 0.25) is 0 Å². The monoisotopic (exact) mass is 496 g/mol. The maximum Gasteiger partial charge on any atom is 0.264 e. The average Bonchev–Trinajstić information content (AvgIpc) is 3.31. The first-order valence-electron chi connectivity index (χ1n) is 11.3. The summed E-state index contributed by atoms with van der Waals surface area (Å²) in [6, 6.07) is 18.9. The van der Waals surface area contributed by atoms with Gasteiger partial charge in [0.05, 0.1) is 23.2 Å². The molecule has 5 rings (SSSR count). The number of nitrogens with zero attached hydrogens (tertiary/aromatic N) is 1. The molecule has 1 aliphatic heterocycles. The van der Waals surface area contributed by atoms with Gasteiger partial charge < -0.3 is 10.1 Å². The van der Waals surface area contributed by atoms with E-state index in [-0.39, 0.29) is 23.4 Å². The summed E-state index contributed by atoms with van der Waals surface area (Å²) < 4.78 is 34.1. The van der Waals surface area contributed by atoms with Gasteiger partial charge >= 0.3 is 0 Å². The minimum atomic E-state index is -3.93. The van der Waals surface area contributed by atoms with Gasteiger partial charge in [-0.2, -0.15) is 0 Å². The fourth-order valence-electron chi connectivity index (χ4n) is 4.55. The van der Waals surface area contributed by atoms with Gasteiger partial charge in [0.25, 0.3) is 15.9 Å². The third-order valence-electron chi connectivity index (χ3n) is 6.41. The fourth-order valence-corrected chi connectivity index (χ4v) is 6.15. The molecule has 1 aliphatic carbocycles. The molecule has 0 saturated carbocycles. The number of amides is 1. The van der Waals surface area contributed by atoms with Crippen LogP contribution in [-0.2, 0) is 27.7 Å². The summed E-state index contributed by atoms with van der Waals surface area (Å²) in [5.41, 5.74) is 4.13. The quantitative estimate of drug-likeness (QED) is 0.557. The molecular weight excluding hydrogens is 472 g/mol. The predicted octanol–water partition coefficient (Wildman–Crippen LogP) is 4.66. The maximum absolute atomic E-state index is 13.5. The molecule has 2 atom stereocenters. The maximum atomic E-state index is 13.5. The zero-order chi connectivity index (χ0) is 23.9. The van der Waals surface area contributed by atoms with Gasteiger partial charge in [-0.15, -0.1) is 0 Å². The van der Waals surface area contributed by atoms with Crippen LogP contribution in [0.15, 0.2) is 71.6 Å². The van der Waals surface area contributed by atoms with E-state index in [1.54, 1.807) is 24.3 Å². The summed E-state index contributed by atoms with van der Waals surface area (Å²) in [6.07, 6.45) is 2.33. The number of halogens is 1. The van der Waals surface area contributed by atoms with Crippen molar-refractivity contribution in [2.45, 2.75) is 43.2 Å². The molecule has 1 amide bonds. The molecule has 0 fully saturated rings. The number of rotatable bonds is 5. The Hall–Kier alpha value is -3.03. The highest BCUT2D eigenvalue weighted by molar-refractivity contribution is 7.92. The van der Waals surface area contributed by atoms with Crippen molar-refractivity contribution in [2.24, 2.45) is 0 Å². The van der Waals surface area contributed by atoms with Crippen LogP contribution >= 0.6 is 11.6 Å². The first kappa shape index (κ1) is 22.7. The number of fused-ring (bicyclic) bond motifs is 2. The van der Waals surface area contributed by atoms with E-state index in [4.69, 9.17) is 16.3 Å². The molecule has 1 heterocycles. The summed E-state index contributed by atoms with van der Waals surface area (Å²) >= 11 is 5.94. The summed E-state index contributed by atoms with van der Waals surface area (Å²) in [7, 11) is -3.93. The second kappa shape index (κ2) is 8.96. The molecule has 0 unspecified atom stereocenters. The Labute approximate surface area is 204 Å². The molecule has 0 aromatic heterocycles. The van der Waals surface area contributed by atoms with Gasteiger partial charge in [-0.3, -0.25) is 9.10 Å². The molecule has 8 heteroatoms. The standard InChI is InChI=1S/C26H25ClN2O4S/c1-17(19-10-9-18-5-4-6-20(18)15-19)28-26(30)25-16-29(23-7-2-3-8-24(23)33-25)34(31,32)22-13-11-21(27)12-14-22/h2-3,7-15,17,25H,4-6,16H2,1H3,(H,28,30)/t17-,25+/m1/s1. The van der Waals surface area contributed by atoms with Gasteiger partial charge in [-0.1, -0.05) is 41.9 Å². The van der Waals surface area contributed by atoms with Crippen molar-refractivity contribution in [2.75, 3.05) is 10.8 Å². The second-order valence-corrected chi connectivity index (χ2v) is 11.0. The minimum Gasteiger partial charge on any atom is -0.476 e. The molecule has 0 spiro atoms. The number of nitrogens with one attached hydrogen (secondary N) is 1. The molecule has 0 bridgehead atoms. The Kier molecular flexibility index (Phi) is 6.00. The molecule has 0 saturated heterocycles. The lowest BCUT2D eigenvalue weighted by Crippen LogP contribution is -2.51. The first-order chi connectivity index (χ1) is 16.3. The Balaban J connectivity index is 1.40. The Bertz CT molecular complexity index is 1340. The minimum absolute atomic E-state index is 0.0965. The normalized spacial score (nSPS) is 17.9. The van der Waals surface area contributed by atoms with Crippen LogP contribution in [0.2, 0.25) is 5.02 Å². The summed E-state index contributed by atoms with van der Waals surface area (Å²) in [6.45, 7) is 1.79. The van der Waals surface area contributed by atoms with Gasteiger partial charge in [0.1, 0.15) is 5.75 Å². The van der Waals surface area contributed by atoms with Gasteiger partial charge in [-0.25, -0.2) is 8.42 Å². The smallest absolute Gasteiger partial charge is 0.264 e. The van der Waals surface area contributed by atoms with E-state index in [0.717, 1.165) is 24.8 Å². The van der Waals surface area contributed by atoms with E-state index >= 15 is 0 Å². The highest BCUT2D eigenvalue weighted by Gasteiger charge is 2.37. The summed E-state index contributed by atoms with van der Waals surface area (Å²) in [5, 5.41) is 3.45. The van der Waals surface area contributed by atoms with Gasteiger partial charge in [-0.05, 0) is 79.3 Å². The van der Waals surface area contributed by atoms with E-state index in [0.29, 0.717) is 16.5 Å². The average molecular weight is 497 g/mol. The largest absolute Gasteiger partial charge is 0.476 e. The molecule has 34 heavy (non-hydrogen) atoms. The highest BCUT2D eigenvalue weighted by atomic mass is 35.5. The molecular formula is C26H25ClN2O4S. The van der Waals surface area contributed by atoms with E-state index in [2.05, 4.69) is 17.4 Å². The Morgan fingerprint density at radius 1 is 1.06 bits per heavy atom. The number of ether oxygens (including phenoxy) is 1. The molecule has 2 aliphatic rings. The van der Waals surface area contributed by atoms with E-state index in [1.165, 1.54) is 39.7 Å². The van der Waals surface area contributed by atoms with Crippen molar-refractivity contribution in [3.8, 4) is 5.75 Å². The molecule has 3 aromatic carbocycles. The van der Waals surface area contributed by atoms with Crippen molar-refractivity contribution in [3.05, 3.63) is 88.4 Å². The number of hydrogen-bond acceptors (Lipinski definition) is 4. The molecule has 0 radical (unpaired) electrons. The van der Waals surface area contributed by atoms with Crippen LogP contribution in [0.1, 0.15) is 36.1 Å². The number of benzene rings is 3. The van der Waals surface area contributed by atoms with Crippen molar-refractivity contribution in [1.29, 1.82) is 0 Å². The third kappa shape index (κ3) is 4.26. The lowest BCUT2D eigenvalue weighted by molar-refractivity contribution is -0.128. The lowest BCUT2D eigenvalue weighted by Gasteiger charge is -2.35. The van der Waals surface area contributed by atoms with Crippen LogP contribution in [0.5, 0.6) is 5.75 Å². The third-order valence-corrected chi connectivity index (χ3v) is 8.46. The highest BCUT2D eigenvalue weighted by Crippen LogP contribution is 2.37. The number of para-hydroxylation sites is 2. The number of anilines is 1. The molecule has 3 aromatic rings. The first-order valence-corrected chi connectivity index (χ1v) is 13.1. The van der Waals surface area contributed by atoms with Crippen molar-refractivity contribution < 1.29 is 17.9 Å². The van der Waals surface area contributed by atoms with Crippen LogP contribution in [0.3, 0.4) is 0 Å². The van der Waals surface area contributed by atoms with E-state index in [1.807, 2.05) is 13.0 Å². The second-order valence-electron chi connectivity index (χ2n) is 8.68. The number of sulfonamides is 1. The number of carbonyl (C=O) groups is 1. The zero-order valence-electron chi connectivity index (χ0n) is 18.7. The summed E-state index contributed by atoms with van der Waals surface area (Å²) in [5.74, 6) is -0.0181. The van der Waals surface area contributed by atoms with Crippen LogP contribution in [-0.4, -0.2) is 27.0 Å². The van der Waals surface area contributed by atoms with E-state index in [9.17, 15) is 13.2 Å². The number of aryl methyl sites for hydroxylation is 2. The fraction of sp³-hybridized carbons (Fsp3) is 0.269. The van der Waals surface area contributed by atoms with Crippen LogP contribution in [0.25, 0.3) is 0 Å². The molecule has 1 N–H and O–H groups in total. The topological polar surface area (TPSA) is 75.7 Å².